The summed E-state index contributed by atoms with van der Waals surface area (Å²) in [5.41, 5.74) is -0.0374. The Hall–Kier alpha value is -1.85. The molecule has 1 saturated heterocycles. The summed E-state index contributed by atoms with van der Waals surface area (Å²) in [6.07, 6.45) is 3.17. The molecule has 1 amide bonds. The van der Waals surface area contributed by atoms with Gasteiger partial charge < -0.3 is 15.6 Å². The number of aromatic nitrogens is 1. The van der Waals surface area contributed by atoms with Gasteiger partial charge in [-0.25, -0.2) is 0 Å². The fourth-order valence-electron chi connectivity index (χ4n) is 2.78. The predicted molar refractivity (Wildman–Crippen MR) is 88.4 cm³/mol. The van der Waals surface area contributed by atoms with Crippen molar-refractivity contribution in [3.05, 3.63) is 39.8 Å². The number of carbonyl (C=O) groups excluding carboxylic acids is 1. The van der Waals surface area contributed by atoms with Crippen molar-refractivity contribution in [3.8, 4) is 0 Å². The van der Waals surface area contributed by atoms with Crippen LogP contribution in [0.4, 0.5) is 5.69 Å². The molecule has 1 aliphatic heterocycles. The minimum Gasteiger partial charge on any atom is -0.329 e. The van der Waals surface area contributed by atoms with E-state index in [1.165, 1.54) is 0 Å². The van der Waals surface area contributed by atoms with Crippen LogP contribution in [-0.4, -0.2) is 24.0 Å². The largest absolute Gasteiger partial charge is 0.329 e. The maximum absolute atomic E-state index is 12.6. The van der Waals surface area contributed by atoms with Crippen LogP contribution in [0.3, 0.4) is 0 Å². The quantitative estimate of drug-likeness (QED) is 0.796. The molecule has 0 spiro atoms. The van der Waals surface area contributed by atoms with Crippen molar-refractivity contribution in [3.63, 3.8) is 0 Å². The van der Waals surface area contributed by atoms with E-state index in [0.717, 1.165) is 31.3 Å². The summed E-state index contributed by atoms with van der Waals surface area (Å²) in [6.45, 7) is 3.65. The highest BCUT2D eigenvalue weighted by Gasteiger charge is 2.34. The molecule has 1 aromatic heterocycles. The molecule has 0 aliphatic carbocycles. The number of halogens is 1. The molecule has 0 unspecified atom stereocenters. The molecule has 2 heterocycles. The number of rotatable bonds is 2. The lowest BCUT2D eigenvalue weighted by Crippen LogP contribution is -2.42. The summed E-state index contributed by atoms with van der Waals surface area (Å²) in [7, 11) is 0. The molecule has 0 saturated carbocycles. The van der Waals surface area contributed by atoms with Crippen molar-refractivity contribution >= 4 is 34.0 Å². The second-order valence-corrected chi connectivity index (χ2v) is 6.40. The van der Waals surface area contributed by atoms with Crippen molar-refractivity contribution < 1.29 is 4.79 Å². The predicted octanol–water partition coefficient (Wildman–Crippen LogP) is 2.51. The van der Waals surface area contributed by atoms with Crippen LogP contribution in [0.2, 0.25) is 5.02 Å². The second kappa shape index (κ2) is 5.74. The van der Waals surface area contributed by atoms with Crippen LogP contribution in [0, 0.1) is 5.41 Å². The van der Waals surface area contributed by atoms with Crippen LogP contribution in [0.15, 0.2) is 29.2 Å². The van der Waals surface area contributed by atoms with Crippen LogP contribution in [0.5, 0.6) is 0 Å². The summed E-state index contributed by atoms with van der Waals surface area (Å²) in [5, 5.41) is 7.81. The van der Waals surface area contributed by atoms with Crippen LogP contribution in [-0.2, 0) is 4.79 Å². The minimum absolute atomic E-state index is 0.0277. The van der Waals surface area contributed by atoms with Gasteiger partial charge in [0.1, 0.15) is 0 Å². The first-order valence-corrected chi connectivity index (χ1v) is 7.70. The number of hydrogen-bond donors (Lipinski definition) is 3. The standard InChI is InChI=1S/C16H18ClN3O2/c1-16(3-6-18-7-4-16)15(22)20-13-8-10-2-5-19-14(21)11(10)9-12(13)17/h2,5,8-9,18H,3-4,6-7H2,1H3,(H,19,21)(H,20,22). The first-order chi connectivity index (χ1) is 10.5. The lowest BCUT2D eigenvalue weighted by Gasteiger charge is -2.32. The molecule has 1 aliphatic rings. The van der Waals surface area contributed by atoms with Crippen LogP contribution in [0.1, 0.15) is 19.8 Å². The van der Waals surface area contributed by atoms with E-state index in [2.05, 4.69) is 15.6 Å². The highest BCUT2D eigenvalue weighted by molar-refractivity contribution is 6.34. The molecule has 2 aromatic rings. The smallest absolute Gasteiger partial charge is 0.255 e. The van der Waals surface area contributed by atoms with Gasteiger partial charge in [-0.3, -0.25) is 9.59 Å². The third kappa shape index (κ3) is 2.74. The number of fused-ring (bicyclic) bond motifs is 1. The van der Waals surface area contributed by atoms with Gasteiger partial charge in [0.15, 0.2) is 0 Å². The Labute approximate surface area is 133 Å². The topological polar surface area (TPSA) is 74.0 Å². The second-order valence-electron chi connectivity index (χ2n) is 5.99. The molecule has 116 valence electrons. The maximum atomic E-state index is 12.6. The molecule has 5 nitrogen and oxygen atoms in total. The lowest BCUT2D eigenvalue weighted by molar-refractivity contribution is -0.126. The lowest BCUT2D eigenvalue weighted by atomic mass is 9.80. The zero-order valence-electron chi connectivity index (χ0n) is 12.3. The molecular formula is C16H18ClN3O2. The van der Waals surface area contributed by atoms with E-state index in [1.807, 2.05) is 6.92 Å². The summed E-state index contributed by atoms with van der Waals surface area (Å²) in [5.74, 6) is -0.0277. The van der Waals surface area contributed by atoms with Crippen LogP contribution in [0.25, 0.3) is 10.8 Å². The Morgan fingerprint density at radius 3 is 2.77 bits per heavy atom. The van der Waals surface area contributed by atoms with Gasteiger partial charge in [0.05, 0.1) is 10.7 Å². The highest BCUT2D eigenvalue weighted by Crippen LogP contribution is 2.32. The summed E-state index contributed by atoms with van der Waals surface area (Å²) in [4.78, 5) is 26.9. The number of aromatic amines is 1. The average Bonchev–Trinajstić information content (AvgIpc) is 2.50. The maximum Gasteiger partial charge on any atom is 0.255 e. The van der Waals surface area contributed by atoms with Crippen LogP contribution < -0.4 is 16.2 Å². The third-order valence-corrected chi connectivity index (χ3v) is 4.68. The summed E-state index contributed by atoms with van der Waals surface area (Å²) in [6, 6.07) is 5.13. The molecule has 22 heavy (non-hydrogen) atoms. The summed E-state index contributed by atoms with van der Waals surface area (Å²) >= 11 is 6.22. The Morgan fingerprint density at radius 1 is 1.32 bits per heavy atom. The molecule has 1 aromatic carbocycles. The Morgan fingerprint density at radius 2 is 2.05 bits per heavy atom. The number of anilines is 1. The van der Waals surface area contributed by atoms with E-state index in [-0.39, 0.29) is 11.5 Å². The number of carbonyl (C=O) groups is 1. The number of piperidine rings is 1. The normalized spacial score (nSPS) is 17.4. The van der Waals surface area contributed by atoms with Gasteiger partial charge in [0, 0.05) is 17.0 Å². The van der Waals surface area contributed by atoms with Crippen molar-refractivity contribution in [2.75, 3.05) is 18.4 Å². The molecule has 0 bridgehead atoms. The van der Waals surface area contributed by atoms with Gasteiger partial charge in [-0.1, -0.05) is 18.5 Å². The molecule has 0 radical (unpaired) electrons. The van der Waals surface area contributed by atoms with E-state index < -0.39 is 5.41 Å². The molecule has 3 rings (SSSR count). The third-order valence-electron chi connectivity index (χ3n) is 4.36. The minimum atomic E-state index is -0.391. The van der Waals surface area contributed by atoms with E-state index >= 15 is 0 Å². The number of nitrogens with one attached hydrogen (secondary N) is 3. The van der Waals surface area contributed by atoms with Crippen molar-refractivity contribution in [1.82, 2.24) is 10.3 Å². The summed E-state index contributed by atoms with van der Waals surface area (Å²) < 4.78 is 0. The number of hydrogen-bond acceptors (Lipinski definition) is 3. The number of benzene rings is 1. The van der Waals surface area contributed by atoms with Crippen molar-refractivity contribution in [2.24, 2.45) is 5.41 Å². The van der Waals surface area contributed by atoms with Gasteiger partial charge in [-0.15, -0.1) is 0 Å². The molecule has 3 N–H and O–H groups in total. The number of amides is 1. The Balaban J connectivity index is 1.92. The van der Waals surface area contributed by atoms with Gasteiger partial charge in [0.2, 0.25) is 5.91 Å². The van der Waals surface area contributed by atoms with Gasteiger partial charge in [-0.05, 0) is 49.5 Å². The number of pyridine rings is 1. The van der Waals surface area contributed by atoms with E-state index in [4.69, 9.17) is 11.6 Å². The van der Waals surface area contributed by atoms with Crippen molar-refractivity contribution in [1.29, 1.82) is 0 Å². The SMILES string of the molecule is CC1(C(=O)Nc2cc3cc[nH]c(=O)c3cc2Cl)CCNCC1. The first kappa shape index (κ1) is 15.1. The first-order valence-electron chi connectivity index (χ1n) is 7.33. The Bertz CT molecular complexity index is 779. The van der Waals surface area contributed by atoms with E-state index in [9.17, 15) is 9.59 Å². The van der Waals surface area contributed by atoms with E-state index in [0.29, 0.717) is 16.1 Å². The van der Waals surface area contributed by atoms with Gasteiger partial charge in [-0.2, -0.15) is 0 Å². The average molecular weight is 320 g/mol. The molecule has 1 fully saturated rings. The van der Waals surface area contributed by atoms with E-state index in [1.54, 1.807) is 24.4 Å². The van der Waals surface area contributed by atoms with Gasteiger partial charge in [0.25, 0.3) is 5.56 Å². The van der Waals surface area contributed by atoms with Crippen molar-refractivity contribution in [2.45, 2.75) is 19.8 Å². The zero-order chi connectivity index (χ0) is 15.7. The Kier molecular flexibility index (Phi) is 3.93. The fraction of sp³-hybridized carbons (Fsp3) is 0.375. The monoisotopic (exact) mass is 319 g/mol. The fourth-order valence-corrected chi connectivity index (χ4v) is 2.99. The van der Waals surface area contributed by atoms with Gasteiger partial charge >= 0.3 is 0 Å². The molecular weight excluding hydrogens is 302 g/mol. The highest BCUT2D eigenvalue weighted by atomic mass is 35.5. The zero-order valence-corrected chi connectivity index (χ0v) is 13.1. The molecule has 0 atom stereocenters. The number of H-pyrrole nitrogens is 1. The van der Waals surface area contributed by atoms with Crippen LogP contribution >= 0.6 is 11.6 Å². The molecule has 6 heteroatoms.